The van der Waals surface area contributed by atoms with Crippen LogP contribution in [-0.2, 0) is 0 Å². The Balaban J connectivity index is 2.55. The number of halogens is 1. The maximum atomic E-state index is 6.16. The maximum absolute atomic E-state index is 6.16. The Morgan fingerprint density at radius 1 is 1.38 bits per heavy atom. The average molecular weight is 260 g/mol. The Morgan fingerprint density at radius 3 is 2.44 bits per heavy atom. The van der Waals surface area contributed by atoms with Gasteiger partial charge in [-0.15, -0.1) is 11.3 Å². The van der Waals surface area contributed by atoms with Crippen molar-refractivity contribution in [3.63, 3.8) is 0 Å². The Labute approximate surface area is 108 Å². The van der Waals surface area contributed by atoms with Gasteiger partial charge >= 0.3 is 0 Å². The maximum Gasteiger partial charge on any atom is 0.0547 e. The molecule has 0 saturated heterocycles. The third-order valence-electron chi connectivity index (χ3n) is 2.87. The van der Waals surface area contributed by atoms with Crippen molar-refractivity contribution in [2.45, 2.75) is 46.1 Å². The fraction of sp³-hybridized carbons (Fsp3) is 0.692. The number of rotatable bonds is 4. The first-order valence-electron chi connectivity index (χ1n) is 5.79. The quantitative estimate of drug-likeness (QED) is 0.838. The Bertz CT molecular complexity index is 327. The van der Waals surface area contributed by atoms with Crippen molar-refractivity contribution >= 4 is 22.9 Å². The molecule has 0 fully saturated rings. The summed E-state index contributed by atoms with van der Waals surface area (Å²) in [5.41, 5.74) is 0.188. The Hall–Kier alpha value is -0.0500. The van der Waals surface area contributed by atoms with Crippen molar-refractivity contribution < 1.29 is 0 Å². The van der Waals surface area contributed by atoms with Gasteiger partial charge in [-0.25, -0.2) is 0 Å². The van der Waals surface area contributed by atoms with Crippen molar-refractivity contribution in [1.82, 2.24) is 5.32 Å². The fourth-order valence-electron chi connectivity index (χ4n) is 1.53. The summed E-state index contributed by atoms with van der Waals surface area (Å²) in [6.07, 6.45) is 0. The standard InChI is InChI=1S/C13H22ClNS/c1-9(8-15-13(3,4)5)10(2)12-11(14)6-7-16-12/h6-7,9-10,15H,8H2,1-5H3. The molecule has 2 atom stereocenters. The van der Waals surface area contributed by atoms with Gasteiger partial charge in [0, 0.05) is 10.4 Å². The molecular formula is C13H22ClNS. The molecule has 3 heteroatoms. The highest BCUT2D eigenvalue weighted by Gasteiger charge is 2.19. The predicted octanol–water partition coefficient (Wildman–Crippen LogP) is 4.53. The van der Waals surface area contributed by atoms with E-state index in [2.05, 4.69) is 45.3 Å². The second-order valence-corrected chi connectivity index (χ2v) is 6.88. The van der Waals surface area contributed by atoms with Crippen LogP contribution in [0.4, 0.5) is 0 Å². The molecule has 92 valence electrons. The molecule has 1 aromatic heterocycles. The molecule has 0 saturated carbocycles. The van der Waals surface area contributed by atoms with Crippen LogP contribution in [0.25, 0.3) is 0 Å². The van der Waals surface area contributed by atoms with Crippen LogP contribution >= 0.6 is 22.9 Å². The van der Waals surface area contributed by atoms with E-state index in [1.54, 1.807) is 11.3 Å². The van der Waals surface area contributed by atoms with Crippen LogP contribution in [0.15, 0.2) is 11.4 Å². The molecule has 0 aliphatic carbocycles. The first kappa shape index (κ1) is 14.0. The number of hydrogen-bond donors (Lipinski definition) is 1. The number of hydrogen-bond acceptors (Lipinski definition) is 2. The van der Waals surface area contributed by atoms with E-state index in [-0.39, 0.29) is 5.54 Å². The van der Waals surface area contributed by atoms with Crippen LogP contribution < -0.4 is 5.32 Å². The van der Waals surface area contributed by atoms with E-state index >= 15 is 0 Å². The largest absolute Gasteiger partial charge is 0.312 e. The van der Waals surface area contributed by atoms with Crippen molar-refractivity contribution in [2.75, 3.05) is 6.54 Å². The lowest BCUT2D eigenvalue weighted by Crippen LogP contribution is -2.39. The minimum atomic E-state index is 0.188. The summed E-state index contributed by atoms with van der Waals surface area (Å²) in [4.78, 5) is 1.31. The summed E-state index contributed by atoms with van der Waals surface area (Å²) in [7, 11) is 0. The van der Waals surface area contributed by atoms with Gasteiger partial charge in [-0.2, -0.15) is 0 Å². The average Bonchev–Trinajstić information content (AvgIpc) is 2.58. The molecule has 0 radical (unpaired) electrons. The van der Waals surface area contributed by atoms with Crippen molar-refractivity contribution in [2.24, 2.45) is 5.92 Å². The van der Waals surface area contributed by atoms with Crippen LogP contribution in [0.1, 0.15) is 45.4 Å². The summed E-state index contributed by atoms with van der Waals surface area (Å²) in [5.74, 6) is 1.11. The molecular weight excluding hydrogens is 238 g/mol. The van der Waals surface area contributed by atoms with E-state index in [0.717, 1.165) is 11.6 Å². The smallest absolute Gasteiger partial charge is 0.0547 e. The molecule has 0 bridgehead atoms. The minimum absolute atomic E-state index is 0.188. The highest BCUT2D eigenvalue weighted by molar-refractivity contribution is 7.10. The highest BCUT2D eigenvalue weighted by atomic mass is 35.5. The highest BCUT2D eigenvalue weighted by Crippen LogP contribution is 2.34. The van der Waals surface area contributed by atoms with E-state index < -0.39 is 0 Å². The monoisotopic (exact) mass is 259 g/mol. The number of thiophene rings is 1. The summed E-state index contributed by atoms with van der Waals surface area (Å²) < 4.78 is 0. The van der Waals surface area contributed by atoms with Gasteiger partial charge in [0.15, 0.2) is 0 Å². The van der Waals surface area contributed by atoms with Crippen LogP contribution in [0, 0.1) is 5.92 Å². The lowest BCUT2D eigenvalue weighted by molar-refractivity contribution is 0.361. The molecule has 0 aliphatic rings. The van der Waals surface area contributed by atoms with Gasteiger partial charge < -0.3 is 5.32 Å². The van der Waals surface area contributed by atoms with Gasteiger partial charge in [-0.1, -0.05) is 25.4 Å². The summed E-state index contributed by atoms with van der Waals surface area (Å²) in [6, 6.07) is 1.99. The van der Waals surface area contributed by atoms with Crippen LogP contribution in [0.5, 0.6) is 0 Å². The summed E-state index contributed by atoms with van der Waals surface area (Å²) in [5, 5.41) is 6.53. The van der Waals surface area contributed by atoms with E-state index in [4.69, 9.17) is 11.6 Å². The second kappa shape index (κ2) is 5.52. The van der Waals surface area contributed by atoms with Gasteiger partial charge in [0.05, 0.1) is 5.02 Å². The molecule has 0 aromatic carbocycles. The molecule has 16 heavy (non-hydrogen) atoms. The van der Waals surface area contributed by atoms with E-state index in [1.807, 2.05) is 6.07 Å². The topological polar surface area (TPSA) is 12.0 Å². The van der Waals surface area contributed by atoms with E-state index in [1.165, 1.54) is 4.88 Å². The van der Waals surface area contributed by atoms with Gasteiger partial charge in [0.2, 0.25) is 0 Å². The van der Waals surface area contributed by atoms with Crippen molar-refractivity contribution in [1.29, 1.82) is 0 Å². The first-order valence-corrected chi connectivity index (χ1v) is 7.05. The van der Waals surface area contributed by atoms with Crippen molar-refractivity contribution in [3.05, 3.63) is 21.3 Å². The number of nitrogens with one attached hydrogen (secondary N) is 1. The second-order valence-electron chi connectivity index (χ2n) is 5.53. The van der Waals surface area contributed by atoms with Gasteiger partial charge in [-0.3, -0.25) is 0 Å². The van der Waals surface area contributed by atoms with E-state index in [0.29, 0.717) is 11.8 Å². The molecule has 0 spiro atoms. The lowest BCUT2D eigenvalue weighted by Gasteiger charge is -2.26. The van der Waals surface area contributed by atoms with Gasteiger partial charge in [0.25, 0.3) is 0 Å². The molecule has 1 nitrogen and oxygen atoms in total. The third kappa shape index (κ3) is 4.08. The fourth-order valence-corrected chi connectivity index (χ4v) is 2.95. The molecule has 1 heterocycles. The van der Waals surface area contributed by atoms with Crippen LogP contribution in [0.2, 0.25) is 5.02 Å². The summed E-state index contributed by atoms with van der Waals surface area (Å²) >= 11 is 7.92. The van der Waals surface area contributed by atoms with Crippen molar-refractivity contribution in [3.8, 4) is 0 Å². The summed E-state index contributed by atoms with van der Waals surface area (Å²) in [6.45, 7) is 12.2. The molecule has 2 unspecified atom stereocenters. The third-order valence-corrected chi connectivity index (χ3v) is 4.43. The van der Waals surface area contributed by atoms with Gasteiger partial charge in [0.1, 0.15) is 0 Å². The Kier molecular flexibility index (Phi) is 4.84. The zero-order valence-corrected chi connectivity index (χ0v) is 12.4. The van der Waals surface area contributed by atoms with Gasteiger partial charge in [-0.05, 0) is 50.6 Å². The zero-order valence-electron chi connectivity index (χ0n) is 10.8. The molecule has 1 N–H and O–H groups in total. The minimum Gasteiger partial charge on any atom is -0.312 e. The molecule has 0 amide bonds. The normalized spacial score (nSPS) is 16.1. The van der Waals surface area contributed by atoms with Crippen LogP contribution in [-0.4, -0.2) is 12.1 Å². The Morgan fingerprint density at radius 2 is 2.00 bits per heavy atom. The molecule has 0 aliphatic heterocycles. The molecule has 1 rings (SSSR count). The lowest BCUT2D eigenvalue weighted by atomic mass is 9.93. The zero-order chi connectivity index (χ0) is 12.3. The van der Waals surface area contributed by atoms with E-state index in [9.17, 15) is 0 Å². The predicted molar refractivity (Wildman–Crippen MR) is 74.7 cm³/mol. The molecule has 1 aromatic rings. The SMILES string of the molecule is CC(CNC(C)(C)C)C(C)c1sccc1Cl. The van der Waals surface area contributed by atoms with Crippen LogP contribution in [0.3, 0.4) is 0 Å². The first-order chi connectivity index (χ1) is 7.31.